The molecule has 2 aliphatic rings. The zero-order valence-electron chi connectivity index (χ0n) is 9.26. The Hall–Kier alpha value is -1.90. The van der Waals surface area contributed by atoms with E-state index in [4.69, 9.17) is 0 Å². The Morgan fingerprint density at radius 2 is 1.82 bits per heavy atom. The van der Waals surface area contributed by atoms with Crippen LogP contribution in [0, 0.1) is 11.8 Å². The summed E-state index contributed by atoms with van der Waals surface area (Å²) in [6, 6.07) is 9.95. The number of benzene rings is 1. The molecule has 1 aliphatic carbocycles. The minimum Gasteiger partial charge on any atom is -0.392 e. The monoisotopic (exact) mass is 228 g/mol. The van der Waals surface area contributed by atoms with Gasteiger partial charge in [0, 0.05) is 0 Å². The van der Waals surface area contributed by atoms with Gasteiger partial charge < -0.3 is 4.74 Å². The number of fused-ring (bicyclic) bond motifs is 1. The molecule has 17 heavy (non-hydrogen) atoms. The normalized spacial score (nSPS) is 27.4. The minimum absolute atomic E-state index is 0.255. The summed E-state index contributed by atoms with van der Waals surface area (Å²) in [6.45, 7) is 0. The zero-order valence-corrected chi connectivity index (χ0v) is 9.26. The van der Waals surface area contributed by atoms with Gasteiger partial charge in [-0.05, 0) is 24.0 Å². The zero-order chi connectivity index (χ0) is 11.8. The fourth-order valence-corrected chi connectivity index (χ4v) is 2.54. The first-order valence-corrected chi connectivity index (χ1v) is 5.77. The van der Waals surface area contributed by atoms with Crippen LogP contribution in [0.15, 0.2) is 36.4 Å². The minimum atomic E-state index is -0.395. The molecule has 1 fully saturated rings. The molecule has 1 aliphatic heterocycles. The topological polar surface area (TPSA) is 43.4 Å². The van der Waals surface area contributed by atoms with E-state index in [1.807, 2.05) is 36.4 Å². The standard InChI is InChI=1S/C14H12O3/c15-13-11-7-6-10(8-12(11)14(16)17-13)9-4-2-1-3-5-9/h1-5,8,11-12H,6-7H2. The summed E-state index contributed by atoms with van der Waals surface area (Å²) in [4.78, 5) is 22.9. The van der Waals surface area contributed by atoms with Crippen LogP contribution in [0.4, 0.5) is 0 Å². The molecule has 0 N–H and O–H groups in total. The molecule has 1 aromatic carbocycles. The first kappa shape index (κ1) is 10.3. The van der Waals surface area contributed by atoms with E-state index in [0.717, 1.165) is 17.6 Å². The summed E-state index contributed by atoms with van der Waals surface area (Å²) in [5, 5.41) is 0. The Morgan fingerprint density at radius 3 is 2.59 bits per heavy atom. The molecule has 2 atom stereocenters. The molecule has 3 heteroatoms. The van der Waals surface area contributed by atoms with Gasteiger partial charge in [0.15, 0.2) is 0 Å². The fraction of sp³-hybridized carbons (Fsp3) is 0.286. The molecule has 1 aromatic rings. The van der Waals surface area contributed by atoms with E-state index < -0.39 is 5.97 Å². The van der Waals surface area contributed by atoms with Gasteiger partial charge in [0.25, 0.3) is 0 Å². The highest BCUT2D eigenvalue weighted by molar-refractivity contribution is 5.99. The number of hydrogen-bond acceptors (Lipinski definition) is 3. The van der Waals surface area contributed by atoms with E-state index in [0.29, 0.717) is 6.42 Å². The van der Waals surface area contributed by atoms with Gasteiger partial charge in [-0.15, -0.1) is 0 Å². The van der Waals surface area contributed by atoms with Crippen molar-refractivity contribution in [2.45, 2.75) is 12.8 Å². The van der Waals surface area contributed by atoms with Crippen LogP contribution < -0.4 is 0 Å². The predicted molar refractivity (Wildman–Crippen MR) is 61.7 cm³/mol. The van der Waals surface area contributed by atoms with Gasteiger partial charge in [-0.3, -0.25) is 9.59 Å². The molecular weight excluding hydrogens is 216 g/mol. The first-order chi connectivity index (χ1) is 8.25. The van der Waals surface area contributed by atoms with Crippen LogP contribution in [-0.2, 0) is 14.3 Å². The number of carbonyl (C=O) groups excluding carboxylic acids is 2. The lowest BCUT2D eigenvalue weighted by molar-refractivity contribution is -0.153. The van der Waals surface area contributed by atoms with Crippen molar-refractivity contribution in [1.82, 2.24) is 0 Å². The Bertz CT molecular complexity index is 501. The van der Waals surface area contributed by atoms with E-state index in [1.54, 1.807) is 0 Å². The lowest BCUT2D eigenvalue weighted by atomic mass is 9.80. The number of esters is 2. The fourth-order valence-electron chi connectivity index (χ4n) is 2.54. The van der Waals surface area contributed by atoms with Crippen molar-refractivity contribution in [2.24, 2.45) is 11.8 Å². The number of cyclic esters (lactones) is 2. The largest absolute Gasteiger partial charge is 0.392 e. The van der Waals surface area contributed by atoms with E-state index in [-0.39, 0.29) is 17.8 Å². The van der Waals surface area contributed by atoms with Gasteiger partial charge in [0.1, 0.15) is 0 Å². The molecule has 0 spiro atoms. The number of hydrogen-bond donors (Lipinski definition) is 0. The summed E-state index contributed by atoms with van der Waals surface area (Å²) in [5.74, 6) is -1.38. The lowest BCUT2D eigenvalue weighted by Crippen LogP contribution is -2.19. The second kappa shape index (κ2) is 3.84. The lowest BCUT2D eigenvalue weighted by Gasteiger charge is -2.19. The van der Waals surface area contributed by atoms with Crippen molar-refractivity contribution >= 4 is 17.5 Å². The molecule has 0 saturated carbocycles. The third kappa shape index (κ3) is 1.68. The molecule has 3 nitrogen and oxygen atoms in total. The average molecular weight is 228 g/mol. The van der Waals surface area contributed by atoms with Crippen LogP contribution in [0.1, 0.15) is 18.4 Å². The second-order valence-corrected chi connectivity index (χ2v) is 4.47. The maximum atomic E-state index is 11.5. The van der Waals surface area contributed by atoms with Crippen LogP contribution >= 0.6 is 0 Å². The first-order valence-electron chi connectivity index (χ1n) is 5.77. The smallest absolute Gasteiger partial charge is 0.321 e. The molecule has 0 amide bonds. The van der Waals surface area contributed by atoms with Crippen molar-refractivity contribution in [3.8, 4) is 0 Å². The van der Waals surface area contributed by atoms with Gasteiger partial charge in [-0.1, -0.05) is 36.4 Å². The molecule has 0 aromatic heterocycles. The number of allylic oxidation sites excluding steroid dienone is 1. The SMILES string of the molecule is O=C1OC(=O)C2CCC(c3ccccc3)=CC12. The van der Waals surface area contributed by atoms with E-state index in [9.17, 15) is 9.59 Å². The Kier molecular flexibility index (Phi) is 2.32. The third-order valence-corrected chi connectivity index (χ3v) is 3.46. The summed E-state index contributed by atoms with van der Waals surface area (Å²) < 4.78 is 4.67. The summed E-state index contributed by atoms with van der Waals surface area (Å²) >= 11 is 0. The van der Waals surface area contributed by atoms with Crippen LogP contribution in [-0.4, -0.2) is 11.9 Å². The highest BCUT2D eigenvalue weighted by atomic mass is 16.6. The van der Waals surface area contributed by atoms with Crippen molar-refractivity contribution in [3.63, 3.8) is 0 Å². The molecule has 86 valence electrons. The Balaban J connectivity index is 1.95. The number of ether oxygens (including phenoxy) is 1. The third-order valence-electron chi connectivity index (χ3n) is 3.46. The van der Waals surface area contributed by atoms with E-state index >= 15 is 0 Å². The van der Waals surface area contributed by atoms with Crippen LogP contribution in [0.25, 0.3) is 5.57 Å². The summed E-state index contributed by atoms with van der Waals surface area (Å²) in [6.07, 6.45) is 3.43. The van der Waals surface area contributed by atoms with Gasteiger partial charge in [0.05, 0.1) is 11.8 Å². The van der Waals surface area contributed by atoms with Crippen LogP contribution in [0.3, 0.4) is 0 Å². The van der Waals surface area contributed by atoms with Crippen molar-refractivity contribution in [1.29, 1.82) is 0 Å². The number of rotatable bonds is 1. The highest BCUT2D eigenvalue weighted by Crippen LogP contribution is 2.38. The molecule has 2 unspecified atom stereocenters. The quantitative estimate of drug-likeness (QED) is 0.546. The maximum Gasteiger partial charge on any atom is 0.321 e. The highest BCUT2D eigenvalue weighted by Gasteiger charge is 2.44. The van der Waals surface area contributed by atoms with Gasteiger partial charge in [-0.2, -0.15) is 0 Å². The van der Waals surface area contributed by atoms with Gasteiger partial charge in [-0.25, -0.2) is 0 Å². The molecule has 1 heterocycles. The molecule has 0 bridgehead atoms. The average Bonchev–Trinajstić information content (AvgIpc) is 2.66. The van der Waals surface area contributed by atoms with Crippen molar-refractivity contribution < 1.29 is 14.3 Å². The van der Waals surface area contributed by atoms with Gasteiger partial charge >= 0.3 is 11.9 Å². The van der Waals surface area contributed by atoms with Gasteiger partial charge in [0.2, 0.25) is 0 Å². The van der Waals surface area contributed by atoms with Crippen molar-refractivity contribution in [3.05, 3.63) is 42.0 Å². The van der Waals surface area contributed by atoms with Crippen LogP contribution in [0.2, 0.25) is 0 Å². The number of carbonyl (C=O) groups is 2. The van der Waals surface area contributed by atoms with Crippen molar-refractivity contribution in [2.75, 3.05) is 0 Å². The van der Waals surface area contributed by atoms with E-state index in [1.165, 1.54) is 0 Å². The molecular formula is C14H12O3. The summed E-state index contributed by atoms with van der Waals surface area (Å²) in [5.41, 5.74) is 2.26. The molecule has 1 saturated heterocycles. The molecule has 0 radical (unpaired) electrons. The summed E-state index contributed by atoms with van der Waals surface area (Å²) in [7, 11) is 0. The van der Waals surface area contributed by atoms with E-state index in [2.05, 4.69) is 4.74 Å². The maximum absolute atomic E-state index is 11.5. The van der Waals surface area contributed by atoms with Crippen LogP contribution in [0.5, 0.6) is 0 Å². The molecule has 3 rings (SSSR count). The Morgan fingerprint density at radius 1 is 1.06 bits per heavy atom. The Labute approximate surface area is 99.1 Å². The predicted octanol–water partition coefficient (Wildman–Crippen LogP) is 2.18. The second-order valence-electron chi connectivity index (χ2n) is 4.47.